The minimum atomic E-state index is -0.750. The van der Waals surface area contributed by atoms with Crippen molar-refractivity contribution in [2.24, 2.45) is 0 Å². The molecule has 1 atom stereocenters. The fourth-order valence-electron chi connectivity index (χ4n) is 3.55. The molecule has 1 aromatic carbocycles. The van der Waals surface area contributed by atoms with E-state index < -0.39 is 23.5 Å². The maximum Gasteiger partial charge on any atom is 0.295 e. The second-order valence-electron chi connectivity index (χ2n) is 6.81. The van der Waals surface area contributed by atoms with Gasteiger partial charge in [0.05, 0.1) is 11.6 Å². The maximum absolute atomic E-state index is 13.3. The molecule has 1 saturated heterocycles. The van der Waals surface area contributed by atoms with Gasteiger partial charge in [0, 0.05) is 31.0 Å². The van der Waals surface area contributed by atoms with Gasteiger partial charge in [-0.25, -0.2) is 4.39 Å². The van der Waals surface area contributed by atoms with Gasteiger partial charge in [-0.1, -0.05) is 19.9 Å². The molecule has 7 heteroatoms. The Morgan fingerprint density at radius 2 is 1.86 bits per heavy atom. The highest BCUT2D eigenvalue weighted by molar-refractivity contribution is 6.46. The van der Waals surface area contributed by atoms with E-state index in [4.69, 9.17) is 0 Å². The van der Waals surface area contributed by atoms with E-state index >= 15 is 0 Å². The molecule has 2 heterocycles. The summed E-state index contributed by atoms with van der Waals surface area (Å²) in [5.74, 6) is -2.18. The molecule has 1 aromatic heterocycles. The molecule has 0 radical (unpaired) electrons. The van der Waals surface area contributed by atoms with Gasteiger partial charge in [-0.3, -0.25) is 14.6 Å². The van der Waals surface area contributed by atoms with Crippen LogP contribution in [0.25, 0.3) is 5.76 Å². The molecule has 1 N–H and O–H groups in total. The van der Waals surface area contributed by atoms with E-state index in [-0.39, 0.29) is 16.9 Å². The van der Waals surface area contributed by atoms with Crippen LogP contribution in [0.1, 0.15) is 31.0 Å². The Morgan fingerprint density at radius 3 is 2.45 bits per heavy atom. The Hall–Kier alpha value is -3.06. The largest absolute Gasteiger partial charge is 0.507 e. The molecular weight excluding hydrogens is 373 g/mol. The van der Waals surface area contributed by atoms with E-state index in [1.54, 1.807) is 24.5 Å². The molecule has 2 aromatic rings. The third-order valence-corrected chi connectivity index (χ3v) is 5.21. The number of halogens is 1. The number of nitrogens with zero attached hydrogens (tertiary/aromatic N) is 3. The van der Waals surface area contributed by atoms with Gasteiger partial charge in [-0.15, -0.1) is 0 Å². The number of aromatic nitrogens is 1. The van der Waals surface area contributed by atoms with E-state index in [0.717, 1.165) is 13.1 Å². The molecule has 29 heavy (non-hydrogen) atoms. The number of hydrogen-bond donors (Lipinski definition) is 1. The average Bonchev–Trinajstić information content (AvgIpc) is 3.00. The molecule has 1 aliphatic heterocycles. The number of aliphatic hydroxyl groups excluding tert-OH is 1. The van der Waals surface area contributed by atoms with Crippen molar-refractivity contribution in [2.45, 2.75) is 19.9 Å². The highest BCUT2D eigenvalue weighted by Crippen LogP contribution is 2.38. The predicted molar refractivity (Wildman–Crippen MR) is 107 cm³/mol. The van der Waals surface area contributed by atoms with Crippen LogP contribution < -0.4 is 0 Å². The van der Waals surface area contributed by atoms with Gasteiger partial charge < -0.3 is 14.9 Å². The first-order chi connectivity index (χ1) is 14.0. The minimum Gasteiger partial charge on any atom is -0.507 e. The van der Waals surface area contributed by atoms with E-state index in [9.17, 15) is 19.1 Å². The normalized spacial score (nSPS) is 18.6. The number of Topliss-reactive ketones (excluding diaryl/α,β-unsaturated/α-hetero) is 1. The maximum atomic E-state index is 13.3. The minimum absolute atomic E-state index is 0.00541. The summed E-state index contributed by atoms with van der Waals surface area (Å²) >= 11 is 0. The summed E-state index contributed by atoms with van der Waals surface area (Å²) in [4.78, 5) is 33.4. The molecule has 1 aliphatic rings. The van der Waals surface area contributed by atoms with Crippen molar-refractivity contribution in [3.8, 4) is 0 Å². The van der Waals surface area contributed by atoms with Crippen molar-refractivity contribution in [3.63, 3.8) is 0 Å². The van der Waals surface area contributed by atoms with E-state index in [2.05, 4.69) is 9.88 Å². The van der Waals surface area contributed by atoms with Crippen LogP contribution in [-0.2, 0) is 9.59 Å². The topological polar surface area (TPSA) is 73.7 Å². The third-order valence-electron chi connectivity index (χ3n) is 5.21. The van der Waals surface area contributed by atoms with Crippen molar-refractivity contribution in [3.05, 3.63) is 71.3 Å². The number of amides is 1. The Morgan fingerprint density at radius 1 is 1.17 bits per heavy atom. The molecule has 0 saturated carbocycles. The lowest BCUT2D eigenvalue weighted by atomic mass is 9.96. The summed E-state index contributed by atoms with van der Waals surface area (Å²) in [6, 6.07) is 7.91. The average molecular weight is 397 g/mol. The molecule has 1 amide bonds. The van der Waals surface area contributed by atoms with Gasteiger partial charge in [-0.2, -0.15) is 0 Å². The first kappa shape index (κ1) is 20.7. The van der Waals surface area contributed by atoms with Crippen LogP contribution in [0.5, 0.6) is 0 Å². The second kappa shape index (κ2) is 8.96. The zero-order valence-corrected chi connectivity index (χ0v) is 16.5. The summed E-state index contributed by atoms with van der Waals surface area (Å²) in [6.07, 6.45) is 3.18. The predicted octanol–water partition coefficient (Wildman–Crippen LogP) is 2.98. The van der Waals surface area contributed by atoms with Crippen LogP contribution >= 0.6 is 0 Å². The SMILES string of the molecule is CCN(CC)CCN1C(=O)C(=O)C(=C(O)c2ccc(F)cc2)C1c1cccnc1. The fraction of sp³-hybridized carbons (Fsp3) is 0.318. The van der Waals surface area contributed by atoms with Gasteiger partial charge >= 0.3 is 0 Å². The van der Waals surface area contributed by atoms with Crippen LogP contribution in [0.4, 0.5) is 4.39 Å². The van der Waals surface area contributed by atoms with Crippen molar-refractivity contribution in [2.75, 3.05) is 26.2 Å². The quantitative estimate of drug-likeness (QED) is 0.442. The highest BCUT2D eigenvalue weighted by atomic mass is 19.1. The van der Waals surface area contributed by atoms with Crippen LogP contribution in [0.15, 0.2) is 54.4 Å². The summed E-state index contributed by atoms with van der Waals surface area (Å²) < 4.78 is 13.3. The fourth-order valence-corrected chi connectivity index (χ4v) is 3.55. The molecule has 152 valence electrons. The number of hydrogen-bond acceptors (Lipinski definition) is 5. The van der Waals surface area contributed by atoms with Crippen LogP contribution in [-0.4, -0.2) is 57.8 Å². The zero-order chi connectivity index (χ0) is 21.0. The van der Waals surface area contributed by atoms with Crippen LogP contribution in [0.2, 0.25) is 0 Å². The van der Waals surface area contributed by atoms with Crippen molar-refractivity contribution in [1.82, 2.24) is 14.8 Å². The number of carbonyl (C=O) groups excluding carboxylic acids is 2. The van der Waals surface area contributed by atoms with Crippen LogP contribution in [0.3, 0.4) is 0 Å². The number of ketones is 1. The van der Waals surface area contributed by atoms with Crippen molar-refractivity contribution in [1.29, 1.82) is 0 Å². The molecule has 0 spiro atoms. The number of likely N-dealkylation sites (N-methyl/N-ethyl adjacent to an activating group) is 1. The first-order valence-electron chi connectivity index (χ1n) is 9.64. The van der Waals surface area contributed by atoms with E-state index in [0.29, 0.717) is 18.7 Å². The molecule has 6 nitrogen and oxygen atoms in total. The standard InChI is InChI=1S/C22H24FN3O3/c1-3-25(4-2)12-13-26-19(16-6-5-11-24-14-16)18(21(28)22(26)29)20(27)15-7-9-17(23)10-8-15/h5-11,14,19,27H,3-4,12-13H2,1-2H3. The highest BCUT2D eigenvalue weighted by Gasteiger charge is 2.46. The molecule has 1 fully saturated rings. The molecular formula is C22H24FN3O3. The van der Waals surface area contributed by atoms with E-state index in [1.165, 1.54) is 29.2 Å². The number of aliphatic hydroxyl groups is 1. The van der Waals surface area contributed by atoms with Crippen molar-refractivity contribution >= 4 is 17.4 Å². The summed E-state index contributed by atoms with van der Waals surface area (Å²) in [5, 5.41) is 10.8. The number of pyridine rings is 1. The number of benzene rings is 1. The molecule has 0 bridgehead atoms. The number of rotatable bonds is 7. The van der Waals surface area contributed by atoms with Crippen LogP contribution in [0, 0.1) is 5.82 Å². The summed E-state index contributed by atoms with van der Waals surface area (Å²) in [7, 11) is 0. The van der Waals surface area contributed by atoms with Gasteiger partial charge in [0.2, 0.25) is 0 Å². The van der Waals surface area contributed by atoms with Gasteiger partial charge in [0.1, 0.15) is 11.6 Å². The monoisotopic (exact) mass is 397 g/mol. The Labute approximate surface area is 169 Å². The molecule has 3 rings (SSSR count). The smallest absolute Gasteiger partial charge is 0.295 e. The summed E-state index contributed by atoms with van der Waals surface area (Å²) in [5.41, 5.74) is 0.908. The Balaban J connectivity index is 2.06. The Kier molecular flexibility index (Phi) is 6.39. The van der Waals surface area contributed by atoms with Crippen molar-refractivity contribution < 1.29 is 19.1 Å². The molecule has 1 unspecified atom stereocenters. The van der Waals surface area contributed by atoms with Gasteiger partial charge in [0.15, 0.2) is 0 Å². The third kappa shape index (κ3) is 4.19. The second-order valence-corrected chi connectivity index (χ2v) is 6.81. The van der Waals surface area contributed by atoms with Gasteiger partial charge in [0.25, 0.3) is 11.7 Å². The lowest BCUT2D eigenvalue weighted by Crippen LogP contribution is -2.38. The number of likely N-dealkylation sites (tertiary alicyclic amines) is 1. The van der Waals surface area contributed by atoms with E-state index in [1.807, 2.05) is 13.8 Å². The zero-order valence-electron chi connectivity index (χ0n) is 16.5. The van der Waals surface area contributed by atoms with Gasteiger partial charge in [-0.05, 0) is 49.0 Å². The first-order valence-corrected chi connectivity index (χ1v) is 9.64. The lowest BCUT2D eigenvalue weighted by Gasteiger charge is -2.28. The molecule has 0 aliphatic carbocycles. The summed E-state index contributed by atoms with van der Waals surface area (Å²) in [6.45, 7) is 6.66. The lowest BCUT2D eigenvalue weighted by molar-refractivity contribution is -0.140. The Bertz CT molecular complexity index is 909. The number of carbonyl (C=O) groups is 2.